The number of methoxy groups -OCH3 is 1. The second kappa shape index (κ2) is 9.09. The van der Waals surface area contributed by atoms with Crippen LogP contribution in [0.15, 0.2) is 17.0 Å². The first-order valence-corrected chi connectivity index (χ1v) is 10.2. The Balaban J connectivity index is 0.00000261. The average molecular weight is 420 g/mol. The van der Waals surface area contributed by atoms with Crippen molar-refractivity contribution in [3.05, 3.63) is 12.1 Å². The van der Waals surface area contributed by atoms with Gasteiger partial charge in [0, 0.05) is 25.2 Å². The van der Waals surface area contributed by atoms with E-state index < -0.39 is 10.0 Å². The minimum atomic E-state index is -3.70. The predicted molar refractivity (Wildman–Crippen MR) is 104 cm³/mol. The molecular formula is C17H26ClN3O5S. The van der Waals surface area contributed by atoms with Crippen molar-refractivity contribution in [3.63, 3.8) is 0 Å². The molecule has 8 nitrogen and oxygen atoms in total. The zero-order valence-electron chi connectivity index (χ0n) is 15.5. The number of benzene rings is 1. The molecule has 2 N–H and O–H groups in total. The van der Waals surface area contributed by atoms with Gasteiger partial charge in [-0.2, -0.15) is 4.31 Å². The van der Waals surface area contributed by atoms with E-state index in [0.29, 0.717) is 30.4 Å². The van der Waals surface area contributed by atoms with Crippen LogP contribution < -0.4 is 20.1 Å². The van der Waals surface area contributed by atoms with E-state index in [-0.39, 0.29) is 35.6 Å². The van der Waals surface area contributed by atoms with Crippen molar-refractivity contribution in [1.29, 1.82) is 0 Å². The van der Waals surface area contributed by atoms with E-state index in [0.717, 1.165) is 25.8 Å². The highest BCUT2D eigenvalue weighted by atomic mass is 35.5. The summed E-state index contributed by atoms with van der Waals surface area (Å²) in [7, 11) is -0.360. The molecule has 3 rings (SSSR count). The van der Waals surface area contributed by atoms with Crippen molar-refractivity contribution >= 4 is 34.0 Å². The molecule has 0 spiro atoms. The zero-order chi connectivity index (χ0) is 18.7. The Morgan fingerprint density at radius 1 is 1.33 bits per heavy atom. The van der Waals surface area contributed by atoms with Crippen LogP contribution in [0.25, 0.3) is 0 Å². The van der Waals surface area contributed by atoms with Gasteiger partial charge in [0.25, 0.3) is 5.91 Å². The van der Waals surface area contributed by atoms with Crippen LogP contribution in [0.2, 0.25) is 0 Å². The quantitative estimate of drug-likeness (QED) is 0.724. The lowest BCUT2D eigenvalue weighted by Gasteiger charge is -2.32. The lowest BCUT2D eigenvalue weighted by Crippen LogP contribution is -2.39. The summed E-state index contributed by atoms with van der Waals surface area (Å²) in [6, 6.07) is 2.94. The van der Waals surface area contributed by atoms with Crippen molar-refractivity contribution < 1.29 is 22.7 Å². The summed E-state index contributed by atoms with van der Waals surface area (Å²) in [5.41, 5.74) is 0.419. The molecule has 0 radical (unpaired) electrons. The highest BCUT2D eigenvalue weighted by Gasteiger charge is 2.33. The molecule has 2 aliphatic rings. The lowest BCUT2D eigenvalue weighted by molar-refractivity contribution is -0.118. The SMILES string of the molecule is CNCCC1CCN(S(=O)(=O)c2cc3c(cc2OC)NC(=O)CO3)CC1.Cl. The summed E-state index contributed by atoms with van der Waals surface area (Å²) < 4.78 is 38.4. The van der Waals surface area contributed by atoms with Crippen molar-refractivity contribution in [1.82, 2.24) is 9.62 Å². The summed E-state index contributed by atoms with van der Waals surface area (Å²) in [4.78, 5) is 11.5. The van der Waals surface area contributed by atoms with E-state index in [2.05, 4.69) is 10.6 Å². The molecule has 1 aromatic carbocycles. The van der Waals surface area contributed by atoms with Gasteiger partial charge in [-0.3, -0.25) is 4.79 Å². The van der Waals surface area contributed by atoms with Gasteiger partial charge in [0.15, 0.2) is 6.61 Å². The van der Waals surface area contributed by atoms with E-state index in [9.17, 15) is 13.2 Å². The molecule has 0 unspecified atom stereocenters. The van der Waals surface area contributed by atoms with Crippen LogP contribution >= 0.6 is 12.4 Å². The van der Waals surface area contributed by atoms with Gasteiger partial charge >= 0.3 is 0 Å². The van der Waals surface area contributed by atoms with E-state index >= 15 is 0 Å². The Bertz CT molecular complexity index is 779. The van der Waals surface area contributed by atoms with Crippen LogP contribution in [0.1, 0.15) is 19.3 Å². The topological polar surface area (TPSA) is 97.0 Å². The maximum absolute atomic E-state index is 13.1. The number of carbonyl (C=O) groups is 1. The molecular weight excluding hydrogens is 394 g/mol. The normalized spacial score (nSPS) is 18.1. The fourth-order valence-electron chi connectivity index (χ4n) is 3.37. The minimum absolute atomic E-state index is 0. The Kier molecular flexibility index (Phi) is 7.32. The van der Waals surface area contributed by atoms with Crippen LogP contribution in [0.4, 0.5) is 5.69 Å². The number of ether oxygens (including phenoxy) is 2. The fourth-order valence-corrected chi connectivity index (χ4v) is 5.00. The van der Waals surface area contributed by atoms with Crippen molar-refractivity contribution in [2.45, 2.75) is 24.2 Å². The second-order valence-electron chi connectivity index (χ2n) is 6.58. The minimum Gasteiger partial charge on any atom is -0.495 e. The smallest absolute Gasteiger partial charge is 0.262 e. The molecule has 0 aliphatic carbocycles. The summed E-state index contributed by atoms with van der Waals surface area (Å²) in [5.74, 6) is 0.802. The Labute approximate surface area is 166 Å². The van der Waals surface area contributed by atoms with Gasteiger partial charge < -0.3 is 20.1 Å². The first-order valence-electron chi connectivity index (χ1n) is 8.75. The van der Waals surface area contributed by atoms with Gasteiger partial charge in [0.1, 0.15) is 16.4 Å². The number of hydrogen-bond acceptors (Lipinski definition) is 6. The van der Waals surface area contributed by atoms with E-state index in [1.165, 1.54) is 23.5 Å². The third-order valence-corrected chi connectivity index (χ3v) is 6.81. The van der Waals surface area contributed by atoms with Gasteiger partial charge in [-0.1, -0.05) is 0 Å². The van der Waals surface area contributed by atoms with Gasteiger partial charge in [-0.15, -0.1) is 12.4 Å². The lowest BCUT2D eigenvalue weighted by atomic mass is 9.95. The Hall–Kier alpha value is -1.55. The number of piperidine rings is 1. The number of hydrogen-bond donors (Lipinski definition) is 2. The molecule has 0 atom stereocenters. The maximum Gasteiger partial charge on any atom is 0.262 e. The summed E-state index contributed by atoms with van der Waals surface area (Å²) in [6.07, 6.45) is 2.75. The predicted octanol–water partition coefficient (Wildman–Crippen LogP) is 1.46. The largest absolute Gasteiger partial charge is 0.495 e. The molecule has 0 saturated carbocycles. The molecule has 10 heteroatoms. The second-order valence-corrected chi connectivity index (χ2v) is 8.48. The number of anilines is 1. The molecule has 1 amide bonds. The molecule has 2 heterocycles. The van der Waals surface area contributed by atoms with Crippen molar-refractivity contribution in [3.8, 4) is 11.5 Å². The van der Waals surface area contributed by atoms with Crippen LogP contribution in [0, 0.1) is 5.92 Å². The Morgan fingerprint density at radius 2 is 2.04 bits per heavy atom. The molecule has 0 bridgehead atoms. The monoisotopic (exact) mass is 419 g/mol. The summed E-state index contributed by atoms with van der Waals surface area (Å²) in [6.45, 7) is 1.80. The highest BCUT2D eigenvalue weighted by Crippen LogP contribution is 2.39. The van der Waals surface area contributed by atoms with E-state index in [1.54, 1.807) is 0 Å². The molecule has 27 heavy (non-hydrogen) atoms. The number of halogens is 1. The molecule has 2 aliphatic heterocycles. The third kappa shape index (κ3) is 4.66. The van der Waals surface area contributed by atoms with Crippen LogP contribution in [0.5, 0.6) is 11.5 Å². The number of sulfonamides is 1. The standard InChI is InChI=1S/C17H25N3O5S.ClH/c1-18-6-3-12-4-7-20(8-5-12)26(22,23)16-10-14-13(9-15(16)24-2)19-17(21)11-25-14;/h9-10,12,18H,3-8,11H2,1-2H3,(H,19,21);1H. The molecule has 0 aromatic heterocycles. The average Bonchev–Trinajstić information content (AvgIpc) is 2.65. The van der Waals surface area contributed by atoms with Crippen molar-refractivity contribution in [2.75, 3.05) is 45.7 Å². The number of nitrogens with zero attached hydrogens (tertiary/aromatic N) is 1. The van der Waals surface area contributed by atoms with Crippen LogP contribution in [-0.2, 0) is 14.8 Å². The summed E-state index contributed by atoms with van der Waals surface area (Å²) in [5, 5.41) is 5.80. The van der Waals surface area contributed by atoms with E-state index in [1.807, 2.05) is 7.05 Å². The number of rotatable bonds is 6. The van der Waals surface area contributed by atoms with Crippen LogP contribution in [-0.4, -0.2) is 59.0 Å². The van der Waals surface area contributed by atoms with E-state index in [4.69, 9.17) is 9.47 Å². The third-order valence-electron chi connectivity index (χ3n) is 4.89. The molecule has 1 saturated heterocycles. The summed E-state index contributed by atoms with van der Waals surface area (Å²) >= 11 is 0. The first kappa shape index (κ1) is 21.7. The van der Waals surface area contributed by atoms with Gasteiger partial charge in [-0.05, 0) is 38.8 Å². The molecule has 1 fully saturated rings. The van der Waals surface area contributed by atoms with Gasteiger partial charge in [0.05, 0.1) is 12.8 Å². The molecule has 152 valence electrons. The first-order chi connectivity index (χ1) is 12.5. The zero-order valence-corrected chi connectivity index (χ0v) is 17.1. The van der Waals surface area contributed by atoms with Gasteiger partial charge in [0.2, 0.25) is 10.0 Å². The van der Waals surface area contributed by atoms with Gasteiger partial charge in [-0.25, -0.2) is 8.42 Å². The van der Waals surface area contributed by atoms with Crippen molar-refractivity contribution in [2.24, 2.45) is 5.92 Å². The number of amides is 1. The number of carbonyl (C=O) groups excluding carboxylic acids is 1. The highest BCUT2D eigenvalue weighted by molar-refractivity contribution is 7.89. The van der Waals surface area contributed by atoms with Crippen LogP contribution in [0.3, 0.4) is 0 Å². The number of nitrogens with one attached hydrogen (secondary N) is 2. The molecule has 1 aromatic rings. The maximum atomic E-state index is 13.1. The number of fused-ring (bicyclic) bond motifs is 1. The fraction of sp³-hybridized carbons (Fsp3) is 0.588. The Morgan fingerprint density at radius 3 is 2.67 bits per heavy atom.